The van der Waals surface area contributed by atoms with Crippen molar-refractivity contribution >= 4 is 0 Å². The second kappa shape index (κ2) is 30.9. The third kappa shape index (κ3) is 30.1. The summed E-state index contributed by atoms with van der Waals surface area (Å²) < 4.78 is 0. The largest absolute Gasteiger partial charge is 0.0845 e. The minimum Gasteiger partial charge on any atom is -0.0845 e. The topological polar surface area (TPSA) is 0 Å². The Balaban J connectivity index is 0.000000760. The van der Waals surface area contributed by atoms with Crippen molar-refractivity contribution in [1.29, 1.82) is 0 Å². The van der Waals surface area contributed by atoms with E-state index in [2.05, 4.69) is 209 Å². The molecule has 0 heterocycles. The molecule has 0 heteroatoms. The molecule has 0 aromatic heterocycles. The van der Waals surface area contributed by atoms with Crippen LogP contribution in [0.1, 0.15) is 286 Å². The Morgan fingerprint density at radius 2 is 0.621 bits per heavy atom. The molecule has 0 aliphatic heterocycles. The zero-order valence-electron chi connectivity index (χ0n) is 49.8. The van der Waals surface area contributed by atoms with Gasteiger partial charge in [0.15, 0.2) is 0 Å². The minimum absolute atomic E-state index is 0.285. The first kappa shape index (κ1) is 64.4. The van der Waals surface area contributed by atoms with E-state index < -0.39 is 0 Å². The smallest absolute Gasteiger partial charge is 0.0132 e. The van der Waals surface area contributed by atoms with Crippen molar-refractivity contribution < 1.29 is 0 Å². The number of hydrogen-bond donors (Lipinski definition) is 0. The van der Waals surface area contributed by atoms with Gasteiger partial charge in [0.2, 0.25) is 0 Å². The molecule has 0 radical (unpaired) electrons. The number of benzene rings is 1. The van der Waals surface area contributed by atoms with E-state index in [0.29, 0.717) is 21.7 Å². The predicted molar refractivity (Wildman–Crippen MR) is 305 cm³/mol. The zero-order chi connectivity index (χ0) is 51.1. The molecule has 3 atom stereocenters. The number of allylic oxidation sites excluding steroid dienone is 6. The Labute approximate surface area is 418 Å². The molecule has 1 aromatic carbocycles. The Morgan fingerprint density at radius 3 is 0.818 bits per heavy atom. The Kier molecular flexibility index (Phi) is 30.2. The Bertz CT molecular complexity index is 1350. The summed E-state index contributed by atoms with van der Waals surface area (Å²) in [5, 5.41) is 0. The van der Waals surface area contributed by atoms with Crippen LogP contribution in [0.15, 0.2) is 59.2 Å². The molecule has 0 bridgehead atoms. The second-order valence-electron chi connectivity index (χ2n) is 28.1. The summed E-state index contributed by atoms with van der Waals surface area (Å²) in [6, 6.07) is 8.74. The van der Waals surface area contributed by atoms with E-state index in [0.717, 1.165) is 41.4 Å². The van der Waals surface area contributed by atoms with Crippen LogP contribution in [0, 0.1) is 70.0 Å². The first-order valence-corrected chi connectivity index (χ1v) is 28.4. The quantitative estimate of drug-likeness (QED) is 0.228. The third-order valence-corrected chi connectivity index (χ3v) is 15.4. The van der Waals surface area contributed by atoms with Crippen molar-refractivity contribution in [3.8, 4) is 0 Å². The van der Waals surface area contributed by atoms with E-state index in [1.54, 1.807) is 16.7 Å². The molecule has 0 saturated heterocycles. The van der Waals surface area contributed by atoms with Crippen LogP contribution in [0.5, 0.6) is 0 Å². The first-order chi connectivity index (χ1) is 30.2. The standard InChI is InChI=1S/C11H22.3C11H20.C11H16.C8H16.C3H8/c5*1-9-5-7-10(8-6-9)11(2,3)4;1-7-3-5-8(2)6-4-7;1-3-2/h9-10H,5-8H2,1-4H3;3*7,9H,5-6,8H2,1-4H3;5-8H,1-4H3;7-8H,3-6H2,1-2H3;3H2,1-2H3/t;2*9-;;;;/m.10..../s1. The summed E-state index contributed by atoms with van der Waals surface area (Å²) in [5.41, 5.74) is 9.82. The van der Waals surface area contributed by atoms with Gasteiger partial charge in [-0.2, -0.15) is 0 Å². The van der Waals surface area contributed by atoms with E-state index >= 15 is 0 Å². The fraction of sp³-hybridized carbons (Fsp3) is 0.818. The van der Waals surface area contributed by atoms with Crippen molar-refractivity contribution in [2.24, 2.45) is 63.1 Å². The van der Waals surface area contributed by atoms with Crippen molar-refractivity contribution in [2.75, 3.05) is 0 Å². The molecular weight excluding hydrogens is 793 g/mol. The normalized spacial score (nSPS) is 25.9. The monoisotopic (exact) mass is 915 g/mol. The summed E-state index contributed by atoms with van der Waals surface area (Å²) in [6.45, 7) is 55.2. The zero-order valence-corrected chi connectivity index (χ0v) is 49.8. The van der Waals surface area contributed by atoms with Gasteiger partial charge in [0.25, 0.3) is 0 Å². The van der Waals surface area contributed by atoms with Crippen LogP contribution in [0.3, 0.4) is 0 Å². The van der Waals surface area contributed by atoms with Crippen LogP contribution in [0.25, 0.3) is 0 Å². The average molecular weight is 916 g/mol. The van der Waals surface area contributed by atoms with E-state index in [4.69, 9.17) is 0 Å². The summed E-state index contributed by atoms with van der Waals surface area (Å²) in [6.07, 6.45) is 32.4. The molecule has 1 unspecified atom stereocenters. The lowest BCUT2D eigenvalue weighted by molar-refractivity contribution is 0.155. The lowest BCUT2D eigenvalue weighted by atomic mass is 9.70. The summed E-state index contributed by atoms with van der Waals surface area (Å²) in [5.74, 6) is 6.77. The number of aryl methyl sites for hydroxylation is 1. The predicted octanol–water partition coefficient (Wildman–Crippen LogP) is 22.7. The van der Waals surface area contributed by atoms with E-state index in [-0.39, 0.29) is 5.41 Å². The highest BCUT2D eigenvalue weighted by molar-refractivity contribution is 5.26. The molecule has 66 heavy (non-hydrogen) atoms. The Morgan fingerprint density at radius 1 is 0.364 bits per heavy atom. The van der Waals surface area contributed by atoms with E-state index in [1.165, 1.54) is 127 Å². The fourth-order valence-electron chi connectivity index (χ4n) is 9.55. The molecule has 386 valence electrons. The lowest BCUT2D eigenvalue weighted by Gasteiger charge is -2.35. The maximum Gasteiger partial charge on any atom is -0.0132 e. The molecule has 0 amide bonds. The van der Waals surface area contributed by atoms with Gasteiger partial charge in [-0.3, -0.25) is 0 Å². The van der Waals surface area contributed by atoms with Gasteiger partial charge in [-0.25, -0.2) is 0 Å². The van der Waals surface area contributed by atoms with Crippen LogP contribution in [0.4, 0.5) is 0 Å². The van der Waals surface area contributed by atoms with Crippen LogP contribution >= 0.6 is 0 Å². The van der Waals surface area contributed by atoms with Gasteiger partial charge < -0.3 is 0 Å². The molecule has 2 fully saturated rings. The summed E-state index contributed by atoms with van der Waals surface area (Å²) in [7, 11) is 0. The average Bonchev–Trinajstić information content (AvgIpc) is 3.20. The van der Waals surface area contributed by atoms with Crippen LogP contribution in [0.2, 0.25) is 0 Å². The molecule has 2 saturated carbocycles. The van der Waals surface area contributed by atoms with Gasteiger partial charge in [-0.15, -0.1) is 0 Å². The number of rotatable bonds is 0. The van der Waals surface area contributed by atoms with Crippen LogP contribution < -0.4 is 0 Å². The van der Waals surface area contributed by atoms with Crippen molar-refractivity contribution in [2.45, 2.75) is 287 Å². The maximum atomic E-state index is 2.45. The van der Waals surface area contributed by atoms with Gasteiger partial charge >= 0.3 is 0 Å². The van der Waals surface area contributed by atoms with Crippen LogP contribution in [-0.4, -0.2) is 0 Å². The fourth-order valence-corrected chi connectivity index (χ4v) is 9.55. The van der Waals surface area contributed by atoms with Crippen molar-refractivity contribution in [1.82, 2.24) is 0 Å². The van der Waals surface area contributed by atoms with Crippen molar-refractivity contribution in [3.05, 3.63) is 70.3 Å². The highest BCUT2D eigenvalue weighted by Gasteiger charge is 2.28. The maximum absolute atomic E-state index is 2.45. The van der Waals surface area contributed by atoms with E-state index in [1.807, 2.05) is 0 Å². The van der Waals surface area contributed by atoms with Gasteiger partial charge in [0.1, 0.15) is 0 Å². The summed E-state index contributed by atoms with van der Waals surface area (Å²) >= 11 is 0. The SMILES string of the molecule is CC1CC=C(C(C)(C)C)CC1.CC1CCC(C(C)(C)C)CC1.CC1CCC(C)CC1.CCC.C[C@@H]1CC=C(C(C)(C)C)CC1.C[C@H]1CC=C(C(C)(C)C)CC1.Cc1ccc(C(C)(C)C)cc1. The Hall–Kier alpha value is -1.56. The molecule has 5 aliphatic rings. The molecule has 5 aliphatic carbocycles. The minimum atomic E-state index is 0.285. The van der Waals surface area contributed by atoms with Gasteiger partial charge in [0.05, 0.1) is 0 Å². The van der Waals surface area contributed by atoms with Gasteiger partial charge in [-0.05, 0) is 152 Å². The highest BCUT2D eigenvalue weighted by Crippen LogP contribution is 2.40. The molecular formula is C66H122. The third-order valence-electron chi connectivity index (χ3n) is 15.4. The van der Waals surface area contributed by atoms with Crippen molar-refractivity contribution in [3.63, 3.8) is 0 Å². The number of hydrogen-bond acceptors (Lipinski definition) is 0. The van der Waals surface area contributed by atoms with Crippen LogP contribution in [-0.2, 0) is 5.41 Å². The highest BCUT2D eigenvalue weighted by atomic mass is 14.3. The molecule has 0 N–H and O–H groups in total. The van der Waals surface area contributed by atoms with Gasteiger partial charge in [0, 0.05) is 0 Å². The molecule has 0 nitrogen and oxygen atoms in total. The first-order valence-electron chi connectivity index (χ1n) is 28.4. The summed E-state index contributed by atoms with van der Waals surface area (Å²) in [4.78, 5) is 0. The molecule has 0 spiro atoms. The van der Waals surface area contributed by atoms with E-state index in [9.17, 15) is 0 Å². The molecule has 6 rings (SSSR count). The second-order valence-corrected chi connectivity index (χ2v) is 28.1. The lowest BCUT2D eigenvalue weighted by Crippen LogP contribution is -2.24. The van der Waals surface area contributed by atoms with Gasteiger partial charge in [-0.1, -0.05) is 269 Å². The molecule has 1 aromatic rings.